The second-order valence-electron chi connectivity index (χ2n) is 4.94. The van der Waals surface area contributed by atoms with E-state index in [4.69, 9.17) is 19.5 Å². The minimum absolute atomic E-state index is 0.0604. The first kappa shape index (κ1) is 14.1. The van der Waals surface area contributed by atoms with Gasteiger partial charge in [0.25, 0.3) is 0 Å². The third-order valence-corrected chi connectivity index (χ3v) is 4.42. The zero-order valence-corrected chi connectivity index (χ0v) is 11.2. The van der Waals surface area contributed by atoms with Crippen LogP contribution in [0.5, 0.6) is 0 Å². The fourth-order valence-electron chi connectivity index (χ4n) is 3.09. The first-order chi connectivity index (χ1) is 9.70. The van der Waals surface area contributed by atoms with Gasteiger partial charge in [0.05, 0.1) is 25.0 Å². The van der Waals surface area contributed by atoms with Gasteiger partial charge in [-0.15, -0.1) is 4.33 Å². The lowest BCUT2D eigenvalue weighted by atomic mass is 9.80. The van der Waals surface area contributed by atoms with E-state index >= 15 is 0 Å². The number of hydrogen-bond donors (Lipinski definition) is 1. The Hall–Kier alpha value is -0.870. The molecule has 20 heavy (non-hydrogen) atoms. The maximum absolute atomic E-state index is 11.6. The number of carbonyl (C=O) groups is 2. The second kappa shape index (κ2) is 5.86. The van der Waals surface area contributed by atoms with Crippen molar-refractivity contribution in [2.24, 2.45) is 11.8 Å². The largest absolute Gasteiger partial charge is 0.465 e. The number of ether oxygens (including phenoxy) is 3. The summed E-state index contributed by atoms with van der Waals surface area (Å²) in [6.07, 6.45) is -0.110. The summed E-state index contributed by atoms with van der Waals surface area (Å²) < 4.78 is 20.2. The van der Waals surface area contributed by atoms with Crippen LogP contribution in [0.1, 0.15) is 12.8 Å². The summed E-state index contributed by atoms with van der Waals surface area (Å²) in [7, 11) is 0. The molecule has 3 heterocycles. The maximum Gasteiger partial charge on any atom is 0.312 e. The van der Waals surface area contributed by atoms with Gasteiger partial charge in [-0.05, 0) is 0 Å². The number of hydrogen-bond acceptors (Lipinski definition) is 9. The molecule has 3 fully saturated rings. The Morgan fingerprint density at radius 1 is 1.50 bits per heavy atom. The minimum Gasteiger partial charge on any atom is -0.465 e. The third-order valence-electron chi connectivity index (χ3n) is 3.90. The van der Waals surface area contributed by atoms with Crippen molar-refractivity contribution in [3.05, 3.63) is 0 Å². The molecule has 9 heteroatoms. The highest BCUT2D eigenvalue weighted by atomic mass is 32.2. The average molecular weight is 306 g/mol. The summed E-state index contributed by atoms with van der Waals surface area (Å²) in [5.41, 5.74) is 0. The minimum atomic E-state index is -0.400. The van der Waals surface area contributed by atoms with E-state index in [1.54, 1.807) is 0 Å². The molecule has 0 saturated carbocycles. The van der Waals surface area contributed by atoms with Crippen molar-refractivity contribution in [1.82, 2.24) is 0 Å². The van der Waals surface area contributed by atoms with Crippen LogP contribution in [0.2, 0.25) is 0 Å². The smallest absolute Gasteiger partial charge is 0.312 e. The van der Waals surface area contributed by atoms with E-state index in [9.17, 15) is 9.59 Å². The lowest BCUT2D eigenvalue weighted by Crippen LogP contribution is -2.40. The van der Waals surface area contributed by atoms with E-state index in [0.29, 0.717) is 13.0 Å². The van der Waals surface area contributed by atoms with Crippen molar-refractivity contribution >= 4 is 24.0 Å². The molecule has 0 aliphatic carbocycles. The van der Waals surface area contributed by atoms with Gasteiger partial charge in [-0.1, -0.05) is 5.04 Å². The topological polar surface area (TPSA) is 101 Å². The van der Waals surface area contributed by atoms with Gasteiger partial charge in [0.15, 0.2) is 0 Å². The summed E-state index contributed by atoms with van der Waals surface area (Å²) in [5, 5.41) is 11.3. The Balaban J connectivity index is 1.48. The molecule has 0 spiro atoms. The number of carbonyl (C=O) groups excluding carboxylic acids is 2. The standard InChI is InChI=1S/C11H14O8S/c12-8(1-2-20-19-18-14)16-7-3-6-5-4-15-11(13)9(5)10(7)17-6/h5-7,9-10,14H,1-4H2. The van der Waals surface area contributed by atoms with Crippen molar-refractivity contribution < 1.29 is 38.4 Å². The van der Waals surface area contributed by atoms with Gasteiger partial charge < -0.3 is 14.2 Å². The normalized spacial score (nSPS) is 37.9. The molecule has 0 amide bonds. The van der Waals surface area contributed by atoms with Crippen LogP contribution < -0.4 is 0 Å². The SMILES string of the molecule is O=C(CCSOOO)OC1CC2OC1C1C(=O)OCC21. The lowest BCUT2D eigenvalue weighted by Gasteiger charge is -2.24. The Morgan fingerprint density at radius 2 is 2.35 bits per heavy atom. The Labute approximate surface area is 118 Å². The van der Waals surface area contributed by atoms with Gasteiger partial charge in [-0.3, -0.25) is 9.59 Å². The number of fused-ring (bicyclic) bond motifs is 5. The van der Waals surface area contributed by atoms with Gasteiger partial charge >= 0.3 is 11.9 Å². The first-order valence-corrected chi connectivity index (χ1v) is 7.23. The van der Waals surface area contributed by atoms with Crippen LogP contribution in [0.4, 0.5) is 0 Å². The van der Waals surface area contributed by atoms with E-state index in [1.165, 1.54) is 0 Å². The van der Waals surface area contributed by atoms with Gasteiger partial charge in [0.1, 0.15) is 12.2 Å². The molecule has 112 valence electrons. The average Bonchev–Trinajstić information content (AvgIpc) is 3.08. The van der Waals surface area contributed by atoms with E-state index in [0.717, 1.165) is 12.0 Å². The van der Waals surface area contributed by atoms with Crippen LogP contribution in [0, 0.1) is 11.8 Å². The molecule has 3 saturated heterocycles. The van der Waals surface area contributed by atoms with Crippen LogP contribution >= 0.6 is 12.0 Å². The summed E-state index contributed by atoms with van der Waals surface area (Å²) in [5.74, 6) is -0.564. The highest BCUT2D eigenvalue weighted by molar-refractivity contribution is 7.94. The van der Waals surface area contributed by atoms with Crippen LogP contribution in [0.15, 0.2) is 0 Å². The van der Waals surface area contributed by atoms with Crippen molar-refractivity contribution in [2.45, 2.75) is 31.2 Å². The predicted octanol–water partition coefficient (Wildman–Crippen LogP) is 0.318. The molecule has 2 bridgehead atoms. The highest BCUT2D eigenvalue weighted by Gasteiger charge is 2.61. The fourth-order valence-corrected chi connectivity index (χ4v) is 3.45. The van der Waals surface area contributed by atoms with Gasteiger partial charge in [0.2, 0.25) is 0 Å². The molecular formula is C11H14O8S. The zero-order chi connectivity index (χ0) is 14.1. The zero-order valence-electron chi connectivity index (χ0n) is 10.4. The summed E-state index contributed by atoms with van der Waals surface area (Å²) in [6, 6.07) is 0. The Kier molecular flexibility index (Phi) is 4.13. The molecule has 3 aliphatic rings. The van der Waals surface area contributed by atoms with Crippen molar-refractivity contribution in [3.8, 4) is 0 Å². The molecule has 3 rings (SSSR count). The van der Waals surface area contributed by atoms with Gasteiger partial charge in [-0.2, -0.15) is 0 Å². The summed E-state index contributed by atoms with van der Waals surface area (Å²) in [6.45, 7) is 0.403. The van der Waals surface area contributed by atoms with Crippen LogP contribution in [0.3, 0.4) is 0 Å². The van der Waals surface area contributed by atoms with Crippen molar-refractivity contribution in [1.29, 1.82) is 0 Å². The third kappa shape index (κ3) is 2.51. The number of rotatable bonds is 6. The van der Waals surface area contributed by atoms with Crippen LogP contribution in [-0.4, -0.2) is 47.9 Å². The van der Waals surface area contributed by atoms with Gasteiger partial charge in [-0.25, -0.2) is 5.26 Å². The maximum atomic E-state index is 11.6. The van der Waals surface area contributed by atoms with Crippen LogP contribution in [0.25, 0.3) is 0 Å². The predicted molar refractivity (Wildman–Crippen MR) is 63.0 cm³/mol. The molecule has 0 aromatic heterocycles. The Bertz CT molecular complexity index is 402. The second-order valence-corrected chi connectivity index (χ2v) is 5.72. The molecule has 5 unspecified atom stereocenters. The molecular weight excluding hydrogens is 292 g/mol. The van der Waals surface area contributed by atoms with Crippen molar-refractivity contribution in [3.63, 3.8) is 0 Å². The molecule has 0 aromatic rings. The highest BCUT2D eigenvalue weighted by Crippen LogP contribution is 2.48. The molecule has 1 N–H and O–H groups in total. The van der Waals surface area contributed by atoms with E-state index < -0.39 is 5.97 Å². The monoisotopic (exact) mass is 306 g/mol. The molecule has 3 aliphatic heterocycles. The summed E-state index contributed by atoms with van der Waals surface area (Å²) in [4.78, 5) is 23.3. The first-order valence-electron chi connectivity index (χ1n) is 6.32. The lowest BCUT2D eigenvalue weighted by molar-refractivity contribution is -0.432. The fraction of sp³-hybridized carbons (Fsp3) is 0.818. The van der Waals surface area contributed by atoms with E-state index in [1.807, 2.05) is 0 Å². The Morgan fingerprint density at radius 3 is 3.15 bits per heavy atom. The molecule has 5 atom stereocenters. The molecule has 0 radical (unpaired) electrons. The van der Waals surface area contributed by atoms with E-state index in [-0.39, 0.29) is 48.3 Å². The quantitative estimate of drug-likeness (QED) is 0.244. The number of cyclic esters (lactones) is 1. The van der Waals surface area contributed by atoms with E-state index in [2.05, 4.69) is 9.37 Å². The molecule has 8 nitrogen and oxygen atoms in total. The van der Waals surface area contributed by atoms with Crippen molar-refractivity contribution in [2.75, 3.05) is 12.4 Å². The number of esters is 2. The van der Waals surface area contributed by atoms with Crippen LogP contribution in [-0.2, 0) is 33.2 Å². The molecule has 0 aromatic carbocycles. The van der Waals surface area contributed by atoms with Gasteiger partial charge in [0, 0.05) is 30.1 Å². The summed E-state index contributed by atoms with van der Waals surface area (Å²) >= 11 is 0.792.